The molecule has 4 heteroatoms. The molecule has 160 valence electrons. The molecule has 1 atom stereocenters. The molecule has 2 amide bonds. The van der Waals surface area contributed by atoms with Gasteiger partial charge in [0.1, 0.15) is 6.04 Å². The predicted molar refractivity (Wildman–Crippen MR) is 121 cm³/mol. The molecule has 0 heterocycles. The fourth-order valence-corrected chi connectivity index (χ4v) is 4.32. The summed E-state index contributed by atoms with van der Waals surface area (Å²) >= 11 is 0. The molecule has 0 saturated heterocycles. The van der Waals surface area contributed by atoms with E-state index in [0.717, 1.165) is 35.1 Å². The van der Waals surface area contributed by atoms with Crippen LogP contribution in [0.2, 0.25) is 0 Å². The Morgan fingerprint density at radius 3 is 2.43 bits per heavy atom. The lowest BCUT2D eigenvalue weighted by molar-refractivity contribution is -0.141. The van der Waals surface area contributed by atoms with Crippen LogP contribution in [-0.2, 0) is 22.6 Å². The number of carbonyl (C=O) groups is 2. The van der Waals surface area contributed by atoms with Gasteiger partial charge in [-0.05, 0) is 49.8 Å². The average Bonchev–Trinajstić information content (AvgIpc) is 3.24. The molecule has 1 aliphatic rings. The Morgan fingerprint density at radius 1 is 1.07 bits per heavy atom. The van der Waals surface area contributed by atoms with E-state index in [1.54, 1.807) is 4.90 Å². The van der Waals surface area contributed by atoms with E-state index in [1.165, 1.54) is 12.8 Å². The van der Waals surface area contributed by atoms with Crippen molar-refractivity contribution in [1.29, 1.82) is 0 Å². The van der Waals surface area contributed by atoms with E-state index in [2.05, 4.69) is 23.5 Å². The lowest BCUT2D eigenvalue weighted by Crippen LogP contribution is -2.51. The van der Waals surface area contributed by atoms with Crippen molar-refractivity contribution in [3.63, 3.8) is 0 Å². The molecule has 1 saturated carbocycles. The summed E-state index contributed by atoms with van der Waals surface area (Å²) in [6.07, 6.45) is 5.33. The van der Waals surface area contributed by atoms with Crippen LogP contribution in [0.25, 0.3) is 0 Å². The number of amides is 2. The molecule has 0 radical (unpaired) electrons. The van der Waals surface area contributed by atoms with Gasteiger partial charge in [0.15, 0.2) is 0 Å². The molecule has 1 fully saturated rings. The first-order chi connectivity index (χ1) is 14.5. The van der Waals surface area contributed by atoms with E-state index in [1.807, 2.05) is 51.1 Å². The number of nitrogens with zero attached hydrogens (tertiary/aromatic N) is 1. The molecule has 0 bridgehead atoms. The third kappa shape index (κ3) is 5.71. The molecule has 3 rings (SSSR count). The SMILES string of the molecule is CC[C@@H](C(=O)NC1CCCC1)N(Cc1ccccc1)C(=O)Cc1cc(C)ccc1C. The van der Waals surface area contributed by atoms with Crippen molar-refractivity contribution >= 4 is 11.8 Å². The van der Waals surface area contributed by atoms with Gasteiger partial charge in [-0.3, -0.25) is 9.59 Å². The first-order valence-electron chi connectivity index (χ1n) is 11.2. The first kappa shape index (κ1) is 22.1. The van der Waals surface area contributed by atoms with E-state index >= 15 is 0 Å². The Labute approximate surface area is 180 Å². The van der Waals surface area contributed by atoms with Gasteiger partial charge in [0.25, 0.3) is 0 Å². The molecule has 1 aliphatic carbocycles. The summed E-state index contributed by atoms with van der Waals surface area (Å²) in [5, 5.41) is 3.20. The standard InChI is InChI=1S/C26H34N2O2/c1-4-24(26(30)27-23-12-8-9-13-23)28(18-21-10-6-5-7-11-21)25(29)17-22-16-19(2)14-15-20(22)3/h5-7,10-11,14-16,23-24H,4,8-9,12-13,17-18H2,1-3H3,(H,27,30)/t24-/m0/s1. The van der Waals surface area contributed by atoms with Crippen LogP contribution in [-0.4, -0.2) is 28.8 Å². The van der Waals surface area contributed by atoms with Crippen molar-refractivity contribution in [3.05, 3.63) is 70.8 Å². The molecule has 1 N–H and O–H groups in total. The Morgan fingerprint density at radius 2 is 1.77 bits per heavy atom. The van der Waals surface area contributed by atoms with Crippen molar-refractivity contribution in [1.82, 2.24) is 10.2 Å². The fraction of sp³-hybridized carbons (Fsp3) is 0.462. The minimum Gasteiger partial charge on any atom is -0.352 e. The minimum atomic E-state index is -0.455. The molecule has 2 aromatic carbocycles. The number of benzene rings is 2. The highest BCUT2D eigenvalue weighted by atomic mass is 16.2. The molecule has 0 aromatic heterocycles. The Balaban J connectivity index is 1.83. The van der Waals surface area contributed by atoms with Crippen LogP contribution in [0.3, 0.4) is 0 Å². The number of carbonyl (C=O) groups excluding carboxylic acids is 2. The van der Waals surface area contributed by atoms with Crippen LogP contribution < -0.4 is 5.32 Å². The molecule has 30 heavy (non-hydrogen) atoms. The van der Waals surface area contributed by atoms with Gasteiger partial charge < -0.3 is 10.2 Å². The molecule has 0 aliphatic heterocycles. The number of aryl methyl sites for hydroxylation is 2. The molecule has 0 spiro atoms. The molecule has 4 nitrogen and oxygen atoms in total. The van der Waals surface area contributed by atoms with Gasteiger partial charge in [-0.2, -0.15) is 0 Å². The van der Waals surface area contributed by atoms with Gasteiger partial charge in [0.2, 0.25) is 11.8 Å². The molecule has 0 unspecified atom stereocenters. The summed E-state index contributed by atoms with van der Waals surface area (Å²) < 4.78 is 0. The summed E-state index contributed by atoms with van der Waals surface area (Å²) in [7, 11) is 0. The highest BCUT2D eigenvalue weighted by Gasteiger charge is 2.30. The third-order valence-electron chi connectivity index (χ3n) is 6.13. The van der Waals surface area contributed by atoms with E-state index in [4.69, 9.17) is 0 Å². The van der Waals surface area contributed by atoms with Gasteiger partial charge >= 0.3 is 0 Å². The molecular weight excluding hydrogens is 372 g/mol. The minimum absolute atomic E-state index is 0.000903. The number of rotatable bonds is 8. The highest BCUT2D eigenvalue weighted by Crippen LogP contribution is 2.20. The van der Waals surface area contributed by atoms with Crippen molar-refractivity contribution in [3.8, 4) is 0 Å². The quantitative estimate of drug-likeness (QED) is 0.690. The topological polar surface area (TPSA) is 49.4 Å². The van der Waals surface area contributed by atoms with Gasteiger partial charge in [-0.1, -0.05) is 73.9 Å². The Hall–Kier alpha value is -2.62. The van der Waals surface area contributed by atoms with Gasteiger partial charge in [-0.15, -0.1) is 0 Å². The zero-order valence-corrected chi connectivity index (χ0v) is 18.5. The van der Waals surface area contributed by atoms with Gasteiger partial charge in [0.05, 0.1) is 6.42 Å². The Kier molecular flexibility index (Phi) is 7.67. The monoisotopic (exact) mass is 406 g/mol. The van der Waals surface area contributed by atoms with Gasteiger partial charge in [-0.25, -0.2) is 0 Å². The lowest BCUT2D eigenvalue weighted by atomic mass is 10.0. The van der Waals surface area contributed by atoms with Crippen LogP contribution in [0.5, 0.6) is 0 Å². The largest absolute Gasteiger partial charge is 0.352 e. The summed E-state index contributed by atoms with van der Waals surface area (Å²) in [6.45, 7) is 6.51. The zero-order valence-electron chi connectivity index (χ0n) is 18.5. The van der Waals surface area contributed by atoms with Gasteiger partial charge in [0, 0.05) is 12.6 Å². The van der Waals surface area contributed by atoms with E-state index in [-0.39, 0.29) is 17.9 Å². The summed E-state index contributed by atoms with van der Waals surface area (Å²) in [4.78, 5) is 28.4. The highest BCUT2D eigenvalue weighted by molar-refractivity contribution is 5.88. The second-order valence-electron chi connectivity index (χ2n) is 8.53. The smallest absolute Gasteiger partial charge is 0.243 e. The van der Waals surface area contributed by atoms with Crippen LogP contribution in [0.1, 0.15) is 61.3 Å². The fourth-order valence-electron chi connectivity index (χ4n) is 4.32. The maximum absolute atomic E-state index is 13.5. The third-order valence-corrected chi connectivity index (χ3v) is 6.13. The summed E-state index contributed by atoms with van der Waals surface area (Å²) in [5.41, 5.74) is 4.32. The van der Waals surface area contributed by atoms with Crippen molar-refractivity contribution in [2.45, 2.75) is 77.9 Å². The molecule has 2 aromatic rings. The van der Waals surface area contributed by atoms with E-state index in [0.29, 0.717) is 19.4 Å². The first-order valence-corrected chi connectivity index (χ1v) is 11.2. The maximum Gasteiger partial charge on any atom is 0.243 e. The van der Waals surface area contributed by atoms with Crippen molar-refractivity contribution in [2.75, 3.05) is 0 Å². The Bertz CT molecular complexity index is 857. The van der Waals surface area contributed by atoms with Crippen molar-refractivity contribution in [2.24, 2.45) is 0 Å². The van der Waals surface area contributed by atoms with Crippen LogP contribution in [0.4, 0.5) is 0 Å². The number of nitrogens with one attached hydrogen (secondary N) is 1. The second-order valence-corrected chi connectivity index (χ2v) is 8.53. The molecular formula is C26H34N2O2. The number of hydrogen-bond donors (Lipinski definition) is 1. The predicted octanol–water partition coefficient (Wildman–Crippen LogP) is 4.71. The maximum atomic E-state index is 13.5. The zero-order chi connectivity index (χ0) is 21.5. The summed E-state index contributed by atoms with van der Waals surface area (Å²) in [6, 6.07) is 15.9. The average molecular weight is 407 g/mol. The van der Waals surface area contributed by atoms with Crippen LogP contribution in [0, 0.1) is 13.8 Å². The normalized spacial score (nSPS) is 15.0. The van der Waals surface area contributed by atoms with Crippen LogP contribution >= 0.6 is 0 Å². The lowest BCUT2D eigenvalue weighted by Gasteiger charge is -2.32. The van der Waals surface area contributed by atoms with Crippen LogP contribution in [0.15, 0.2) is 48.5 Å². The second kappa shape index (κ2) is 10.4. The van der Waals surface area contributed by atoms with E-state index in [9.17, 15) is 9.59 Å². The van der Waals surface area contributed by atoms with Crippen molar-refractivity contribution < 1.29 is 9.59 Å². The summed E-state index contributed by atoms with van der Waals surface area (Å²) in [5.74, 6) is -0.0179. The number of hydrogen-bond acceptors (Lipinski definition) is 2. The van der Waals surface area contributed by atoms with E-state index < -0.39 is 6.04 Å².